The van der Waals surface area contributed by atoms with Gasteiger partial charge in [-0.3, -0.25) is 9.89 Å². The number of H-pyrrole nitrogens is 1. The molecule has 2 aromatic rings. The van der Waals surface area contributed by atoms with Crippen molar-refractivity contribution in [1.82, 2.24) is 10.2 Å². The first kappa shape index (κ1) is 13.1. The molecule has 5 heteroatoms. The predicted molar refractivity (Wildman–Crippen MR) is 71.3 cm³/mol. The maximum absolute atomic E-state index is 10.5. The molecule has 0 unspecified atom stereocenters. The number of rotatable bonds is 5. The van der Waals surface area contributed by atoms with Gasteiger partial charge in [0.05, 0.1) is 19.2 Å². The van der Waals surface area contributed by atoms with E-state index in [2.05, 4.69) is 10.2 Å². The zero-order valence-corrected chi connectivity index (χ0v) is 10.9. The van der Waals surface area contributed by atoms with E-state index in [1.54, 1.807) is 7.11 Å². The molecule has 0 spiro atoms. The van der Waals surface area contributed by atoms with E-state index in [1.807, 2.05) is 31.2 Å². The molecule has 0 bridgehead atoms. The quantitative estimate of drug-likeness (QED) is 0.865. The largest absolute Gasteiger partial charge is 0.496 e. The second-order valence-electron chi connectivity index (χ2n) is 4.36. The van der Waals surface area contributed by atoms with Gasteiger partial charge in [-0.05, 0) is 43.2 Å². The number of methoxy groups -OCH3 is 1. The van der Waals surface area contributed by atoms with Crippen LogP contribution < -0.4 is 4.74 Å². The Morgan fingerprint density at radius 1 is 1.42 bits per heavy atom. The second kappa shape index (κ2) is 5.56. The van der Waals surface area contributed by atoms with Crippen LogP contribution in [0.4, 0.5) is 0 Å². The van der Waals surface area contributed by atoms with Crippen LogP contribution in [0.2, 0.25) is 0 Å². The second-order valence-corrected chi connectivity index (χ2v) is 4.36. The van der Waals surface area contributed by atoms with Gasteiger partial charge in [-0.1, -0.05) is 0 Å². The van der Waals surface area contributed by atoms with Crippen LogP contribution in [0.1, 0.15) is 17.7 Å². The highest BCUT2D eigenvalue weighted by molar-refractivity contribution is 5.67. The van der Waals surface area contributed by atoms with Crippen LogP contribution in [0.25, 0.3) is 11.3 Å². The maximum Gasteiger partial charge on any atom is 0.303 e. The number of benzene rings is 1. The van der Waals surface area contributed by atoms with Gasteiger partial charge in [0.1, 0.15) is 5.75 Å². The van der Waals surface area contributed by atoms with E-state index < -0.39 is 5.97 Å². The van der Waals surface area contributed by atoms with Gasteiger partial charge in [0, 0.05) is 11.3 Å². The number of nitrogens with zero attached hydrogens (tertiary/aromatic N) is 1. The molecule has 0 aliphatic carbocycles. The van der Waals surface area contributed by atoms with E-state index in [4.69, 9.17) is 9.84 Å². The van der Waals surface area contributed by atoms with E-state index in [-0.39, 0.29) is 6.42 Å². The average Bonchev–Trinajstić information content (AvgIpc) is 2.85. The number of carboxylic acid groups (broad SMARTS) is 1. The fraction of sp³-hybridized carbons (Fsp3) is 0.286. The fourth-order valence-electron chi connectivity index (χ4n) is 1.92. The lowest BCUT2D eigenvalue weighted by molar-refractivity contribution is -0.136. The zero-order chi connectivity index (χ0) is 13.8. The van der Waals surface area contributed by atoms with Gasteiger partial charge in [-0.2, -0.15) is 5.10 Å². The topological polar surface area (TPSA) is 75.2 Å². The van der Waals surface area contributed by atoms with E-state index in [9.17, 15) is 4.79 Å². The Labute approximate surface area is 111 Å². The molecule has 0 amide bonds. The third-order valence-electron chi connectivity index (χ3n) is 2.93. The minimum atomic E-state index is -0.809. The van der Waals surface area contributed by atoms with Crippen molar-refractivity contribution in [3.63, 3.8) is 0 Å². The summed E-state index contributed by atoms with van der Waals surface area (Å²) in [6.45, 7) is 1.97. The molecule has 19 heavy (non-hydrogen) atoms. The SMILES string of the molecule is COc1ccc(-c2cc(CCC(=O)O)[nH]n2)cc1C. The normalized spacial score (nSPS) is 10.4. The molecule has 2 rings (SSSR count). The van der Waals surface area contributed by atoms with Crippen molar-refractivity contribution in [3.8, 4) is 17.0 Å². The summed E-state index contributed by atoms with van der Waals surface area (Å²) in [4.78, 5) is 10.5. The monoisotopic (exact) mass is 260 g/mol. The van der Waals surface area contributed by atoms with Crippen molar-refractivity contribution < 1.29 is 14.6 Å². The zero-order valence-electron chi connectivity index (χ0n) is 10.9. The molecule has 2 N–H and O–H groups in total. The van der Waals surface area contributed by atoms with Crippen molar-refractivity contribution in [2.75, 3.05) is 7.11 Å². The molecule has 5 nitrogen and oxygen atoms in total. The molecule has 1 aromatic heterocycles. The predicted octanol–water partition coefficient (Wildman–Crippen LogP) is 2.41. The number of aliphatic carboxylic acids is 1. The lowest BCUT2D eigenvalue weighted by Gasteiger charge is -2.05. The van der Waals surface area contributed by atoms with Crippen molar-refractivity contribution in [2.45, 2.75) is 19.8 Å². The van der Waals surface area contributed by atoms with E-state index >= 15 is 0 Å². The molecule has 0 fully saturated rings. The molecular weight excluding hydrogens is 244 g/mol. The molecule has 1 aromatic carbocycles. The maximum atomic E-state index is 10.5. The van der Waals surface area contributed by atoms with Crippen LogP contribution in [0.3, 0.4) is 0 Å². The smallest absolute Gasteiger partial charge is 0.303 e. The summed E-state index contributed by atoms with van der Waals surface area (Å²) in [7, 11) is 1.64. The molecule has 1 heterocycles. The number of aromatic nitrogens is 2. The molecule has 0 aliphatic rings. The number of carbonyl (C=O) groups is 1. The van der Waals surface area contributed by atoms with Crippen molar-refractivity contribution in [2.24, 2.45) is 0 Å². The number of carboxylic acids is 1. The van der Waals surface area contributed by atoms with Gasteiger partial charge < -0.3 is 9.84 Å². The Morgan fingerprint density at radius 2 is 2.21 bits per heavy atom. The number of ether oxygens (including phenoxy) is 1. The third kappa shape index (κ3) is 3.13. The highest BCUT2D eigenvalue weighted by atomic mass is 16.5. The number of nitrogens with one attached hydrogen (secondary N) is 1. The van der Waals surface area contributed by atoms with Gasteiger partial charge in [-0.15, -0.1) is 0 Å². The van der Waals surface area contributed by atoms with Crippen LogP contribution >= 0.6 is 0 Å². The lowest BCUT2D eigenvalue weighted by Crippen LogP contribution is -1.97. The number of aromatic amines is 1. The summed E-state index contributed by atoms with van der Waals surface area (Å²) in [6, 6.07) is 7.71. The van der Waals surface area contributed by atoms with Gasteiger partial charge >= 0.3 is 5.97 Å². The summed E-state index contributed by atoms with van der Waals surface area (Å²) in [5.41, 5.74) is 3.66. The highest BCUT2D eigenvalue weighted by Gasteiger charge is 2.07. The summed E-state index contributed by atoms with van der Waals surface area (Å²) < 4.78 is 5.21. The number of hydrogen-bond acceptors (Lipinski definition) is 3. The van der Waals surface area contributed by atoms with Crippen molar-refractivity contribution in [1.29, 1.82) is 0 Å². The Kier molecular flexibility index (Phi) is 3.85. The summed E-state index contributed by atoms with van der Waals surface area (Å²) in [6.07, 6.45) is 0.556. The molecule has 0 saturated heterocycles. The van der Waals surface area contributed by atoms with Crippen LogP contribution in [-0.4, -0.2) is 28.4 Å². The van der Waals surface area contributed by atoms with E-state index in [0.29, 0.717) is 6.42 Å². The molecule has 0 atom stereocenters. The third-order valence-corrected chi connectivity index (χ3v) is 2.93. The Balaban J connectivity index is 2.18. The summed E-state index contributed by atoms with van der Waals surface area (Å²) in [5.74, 6) is 0.0295. The minimum Gasteiger partial charge on any atom is -0.496 e. The van der Waals surface area contributed by atoms with Gasteiger partial charge in [0.2, 0.25) is 0 Å². The Bertz CT molecular complexity index is 590. The van der Waals surface area contributed by atoms with E-state index in [1.165, 1.54) is 0 Å². The summed E-state index contributed by atoms with van der Waals surface area (Å²) >= 11 is 0. The minimum absolute atomic E-state index is 0.100. The first-order valence-electron chi connectivity index (χ1n) is 6.01. The summed E-state index contributed by atoms with van der Waals surface area (Å²) in [5, 5.41) is 15.7. The van der Waals surface area contributed by atoms with Crippen LogP contribution in [0.15, 0.2) is 24.3 Å². The average molecular weight is 260 g/mol. The molecule has 0 saturated carbocycles. The molecular formula is C14H16N2O3. The standard InChI is InChI=1S/C14H16N2O3/c1-9-7-10(3-5-13(9)19-2)12-8-11(15-16-12)4-6-14(17)18/h3,5,7-8H,4,6H2,1-2H3,(H,15,16)(H,17,18). The first-order valence-corrected chi connectivity index (χ1v) is 6.01. The van der Waals surface area contributed by atoms with Crippen LogP contribution in [0.5, 0.6) is 5.75 Å². The number of aryl methyl sites for hydroxylation is 2. The Hall–Kier alpha value is -2.30. The van der Waals surface area contributed by atoms with Crippen LogP contribution in [-0.2, 0) is 11.2 Å². The first-order chi connectivity index (χ1) is 9.10. The Morgan fingerprint density at radius 3 is 2.84 bits per heavy atom. The highest BCUT2D eigenvalue weighted by Crippen LogP contribution is 2.25. The molecule has 100 valence electrons. The van der Waals surface area contributed by atoms with Crippen molar-refractivity contribution in [3.05, 3.63) is 35.5 Å². The molecule has 0 radical (unpaired) electrons. The van der Waals surface area contributed by atoms with Crippen molar-refractivity contribution >= 4 is 5.97 Å². The van der Waals surface area contributed by atoms with E-state index in [0.717, 1.165) is 28.3 Å². The number of hydrogen-bond donors (Lipinski definition) is 2. The van der Waals surface area contributed by atoms with Gasteiger partial charge in [-0.25, -0.2) is 0 Å². The fourth-order valence-corrected chi connectivity index (χ4v) is 1.92. The lowest BCUT2D eigenvalue weighted by atomic mass is 10.1. The van der Waals surface area contributed by atoms with Crippen LogP contribution in [0, 0.1) is 6.92 Å². The van der Waals surface area contributed by atoms with Gasteiger partial charge in [0.25, 0.3) is 0 Å². The molecule has 0 aliphatic heterocycles. The van der Waals surface area contributed by atoms with Gasteiger partial charge in [0.15, 0.2) is 0 Å².